The Balaban J connectivity index is 2.10. The molecule has 1 saturated heterocycles. The molecule has 1 aromatic rings. The third-order valence-electron chi connectivity index (χ3n) is 3.42. The predicted molar refractivity (Wildman–Crippen MR) is 71.6 cm³/mol. The molecule has 0 spiro atoms. The third kappa shape index (κ3) is 2.60. The van der Waals surface area contributed by atoms with E-state index in [2.05, 4.69) is 0 Å². The second-order valence-corrected chi connectivity index (χ2v) is 5.00. The quantitative estimate of drug-likeness (QED) is 0.804. The van der Waals surface area contributed by atoms with Crippen molar-refractivity contribution in [1.29, 1.82) is 0 Å². The summed E-state index contributed by atoms with van der Waals surface area (Å²) in [5.41, 5.74) is 6.58. The number of amides is 1. The Labute approximate surface area is 111 Å². The van der Waals surface area contributed by atoms with Gasteiger partial charge in [-0.05, 0) is 30.9 Å². The number of likely N-dealkylation sites (tertiary alicyclic amines) is 1. The highest BCUT2D eigenvalue weighted by atomic mass is 35.5. The van der Waals surface area contributed by atoms with Crippen LogP contribution >= 0.6 is 11.6 Å². The number of aliphatic hydroxyl groups excluding tert-OH is 1. The first-order valence-corrected chi connectivity index (χ1v) is 6.45. The molecule has 0 radical (unpaired) electrons. The fraction of sp³-hybridized carbons (Fsp3) is 0.462. The van der Waals surface area contributed by atoms with Crippen LogP contribution in [-0.2, 0) is 0 Å². The first-order chi connectivity index (χ1) is 8.63. The molecule has 4 nitrogen and oxygen atoms in total. The maximum Gasteiger partial charge on any atom is 0.255 e. The van der Waals surface area contributed by atoms with E-state index >= 15 is 0 Å². The van der Waals surface area contributed by atoms with Gasteiger partial charge in [0, 0.05) is 19.7 Å². The molecule has 1 heterocycles. The minimum atomic E-state index is -0.0799. The summed E-state index contributed by atoms with van der Waals surface area (Å²) in [7, 11) is 0. The molecule has 1 aromatic carbocycles. The van der Waals surface area contributed by atoms with Crippen LogP contribution in [0.3, 0.4) is 0 Å². The fourth-order valence-electron chi connectivity index (χ4n) is 2.20. The van der Waals surface area contributed by atoms with Crippen molar-refractivity contribution in [2.45, 2.75) is 12.8 Å². The normalized spacial score (nSPS) is 16.9. The molecule has 0 bridgehead atoms. The van der Waals surface area contributed by atoms with Crippen molar-refractivity contribution in [3.8, 4) is 0 Å². The SMILES string of the molecule is Nc1cccc(C(=O)N2CCC(CO)CC2)c1Cl. The van der Waals surface area contributed by atoms with E-state index in [0.717, 1.165) is 12.8 Å². The molecule has 5 heteroatoms. The van der Waals surface area contributed by atoms with Crippen LogP contribution < -0.4 is 5.73 Å². The zero-order valence-electron chi connectivity index (χ0n) is 10.1. The van der Waals surface area contributed by atoms with Gasteiger partial charge in [0.05, 0.1) is 16.3 Å². The second kappa shape index (κ2) is 5.59. The maximum absolute atomic E-state index is 12.3. The largest absolute Gasteiger partial charge is 0.398 e. The Kier molecular flexibility index (Phi) is 4.09. The first-order valence-electron chi connectivity index (χ1n) is 6.07. The summed E-state index contributed by atoms with van der Waals surface area (Å²) in [5.74, 6) is 0.231. The molecule has 18 heavy (non-hydrogen) atoms. The summed E-state index contributed by atoms with van der Waals surface area (Å²) in [6, 6.07) is 5.10. The molecule has 0 saturated carbocycles. The van der Waals surface area contributed by atoms with Crippen LogP contribution in [-0.4, -0.2) is 35.6 Å². The molecule has 0 atom stereocenters. The maximum atomic E-state index is 12.3. The molecule has 1 fully saturated rings. The number of anilines is 1. The van der Waals surface area contributed by atoms with Gasteiger partial charge in [-0.3, -0.25) is 4.79 Å². The van der Waals surface area contributed by atoms with E-state index in [4.69, 9.17) is 22.4 Å². The smallest absolute Gasteiger partial charge is 0.255 e. The lowest BCUT2D eigenvalue weighted by Crippen LogP contribution is -2.39. The van der Waals surface area contributed by atoms with E-state index in [9.17, 15) is 4.79 Å². The monoisotopic (exact) mass is 268 g/mol. The standard InChI is InChI=1S/C13H17ClN2O2/c14-12-10(2-1-3-11(12)15)13(18)16-6-4-9(8-17)5-7-16/h1-3,9,17H,4-8,15H2. The van der Waals surface area contributed by atoms with Crippen LogP contribution in [0.2, 0.25) is 5.02 Å². The van der Waals surface area contributed by atoms with Gasteiger partial charge in [0.15, 0.2) is 0 Å². The van der Waals surface area contributed by atoms with Gasteiger partial charge in [-0.2, -0.15) is 0 Å². The Morgan fingerprint density at radius 2 is 2.11 bits per heavy atom. The van der Waals surface area contributed by atoms with E-state index < -0.39 is 0 Å². The number of hydrogen-bond acceptors (Lipinski definition) is 3. The van der Waals surface area contributed by atoms with Crippen molar-refractivity contribution in [3.05, 3.63) is 28.8 Å². The molecule has 1 amide bonds. The Bertz CT molecular complexity index is 443. The highest BCUT2D eigenvalue weighted by Gasteiger charge is 2.24. The number of aliphatic hydroxyl groups is 1. The average molecular weight is 269 g/mol. The minimum Gasteiger partial charge on any atom is -0.398 e. The molecule has 3 N–H and O–H groups in total. The summed E-state index contributed by atoms with van der Waals surface area (Å²) < 4.78 is 0. The van der Waals surface area contributed by atoms with Gasteiger partial charge in [0.25, 0.3) is 5.91 Å². The predicted octanol–water partition coefficient (Wildman–Crippen LogP) is 1.77. The molecule has 0 unspecified atom stereocenters. The Hall–Kier alpha value is -1.26. The number of hydrogen-bond donors (Lipinski definition) is 2. The molecule has 0 aliphatic carbocycles. The summed E-state index contributed by atoms with van der Waals surface area (Å²) in [6.07, 6.45) is 1.67. The van der Waals surface area contributed by atoms with Crippen LogP contribution in [0.15, 0.2) is 18.2 Å². The van der Waals surface area contributed by atoms with Gasteiger partial charge in [0.2, 0.25) is 0 Å². The average Bonchev–Trinajstić information content (AvgIpc) is 2.41. The van der Waals surface area contributed by atoms with Crippen LogP contribution in [0.25, 0.3) is 0 Å². The van der Waals surface area contributed by atoms with Crippen molar-refractivity contribution >= 4 is 23.2 Å². The lowest BCUT2D eigenvalue weighted by Gasteiger charge is -2.31. The molecule has 0 aromatic heterocycles. The number of nitrogen functional groups attached to an aromatic ring is 1. The second-order valence-electron chi connectivity index (χ2n) is 4.63. The zero-order chi connectivity index (χ0) is 13.1. The highest BCUT2D eigenvalue weighted by Crippen LogP contribution is 2.26. The third-order valence-corrected chi connectivity index (χ3v) is 3.84. The lowest BCUT2D eigenvalue weighted by atomic mass is 9.97. The van der Waals surface area contributed by atoms with E-state index in [1.165, 1.54) is 0 Å². The van der Waals surface area contributed by atoms with E-state index in [1.54, 1.807) is 23.1 Å². The minimum absolute atomic E-state index is 0.0799. The zero-order valence-corrected chi connectivity index (χ0v) is 10.9. The number of nitrogens with two attached hydrogens (primary N) is 1. The first kappa shape index (κ1) is 13.2. The van der Waals surface area contributed by atoms with Crippen molar-refractivity contribution in [2.75, 3.05) is 25.4 Å². The van der Waals surface area contributed by atoms with E-state index in [0.29, 0.717) is 35.3 Å². The summed E-state index contributed by atoms with van der Waals surface area (Å²) in [5, 5.41) is 9.40. The number of carbonyl (C=O) groups is 1. The van der Waals surface area contributed by atoms with Crippen LogP contribution in [0.5, 0.6) is 0 Å². The Morgan fingerprint density at radius 3 is 2.72 bits per heavy atom. The van der Waals surface area contributed by atoms with Crippen molar-refractivity contribution in [2.24, 2.45) is 5.92 Å². The van der Waals surface area contributed by atoms with Gasteiger partial charge in [-0.1, -0.05) is 17.7 Å². The topological polar surface area (TPSA) is 66.6 Å². The van der Waals surface area contributed by atoms with Gasteiger partial charge in [-0.15, -0.1) is 0 Å². The van der Waals surface area contributed by atoms with Gasteiger partial charge in [-0.25, -0.2) is 0 Å². The highest BCUT2D eigenvalue weighted by molar-refractivity contribution is 6.36. The van der Waals surface area contributed by atoms with Crippen LogP contribution in [0.4, 0.5) is 5.69 Å². The lowest BCUT2D eigenvalue weighted by molar-refractivity contribution is 0.0651. The summed E-state index contributed by atoms with van der Waals surface area (Å²) >= 11 is 6.05. The molecular formula is C13H17ClN2O2. The number of nitrogens with zero attached hydrogens (tertiary/aromatic N) is 1. The molecular weight excluding hydrogens is 252 g/mol. The van der Waals surface area contributed by atoms with E-state index in [-0.39, 0.29) is 12.5 Å². The number of halogens is 1. The van der Waals surface area contributed by atoms with Crippen molar-refractivity contribution < 1.29 is 9.90 Å². The fourth-order valence-corrected chi connectivity index (χ4v) is 2.41. The van der Waals surface area contributed by atoms with E-state index in [1.807, 2.05) is 0 Å². The molecule has 1 aliphatic heterocycles. The Morgan fingerprint density at radius 1 is 1.44 bits per heavy atom. The number of carbonyl (C=O) groups excluding carboxylic acids is 1. The molecule has 98 valence electrons. The van der Waals surface area contributed by atoms with Gasteiger partial charge < -0.3 is 15.7 Å². The molecule has 2 rings (SSSR count). The number of benzene rings is 1. The number of piperidine rings is 1. The van der Waals surface area contributed by atoms with Gasteiger partial charge in [0.1, 0.15) is 0 Å². The van der Waals surface area contributed by atoms with Crippen molar-refractivity contribution in [1.82, 2.24) is 4.90 Å². The van der Waals surface area contributed by atoms with Crippen LogP contribution in [0.1, 0.15) is 23.2 Å². The van der Waals surface area contributed by atoms with Gasteiger partial charge >= 0.3 is 0 Å². The number of rotatable bonds is 2. The molecule has 1 aliphatic rings. The van der Waals surface area contributed by atoms with Crippen molar-refractivity contribution in [3.63, 3.8) is 0 Å². The summed E-state index contributed by atoms with van der Waals surface area (Å²) in [4.78, 5) is 14.1. The summed E-state index contributed by atoms with van der Waals surface area (Å²) in [6.45, 7) is 1.52. The van der Waals surface area contributed by atoms with Crippen LogP contribution in [0, 0.1) is 5.92 Å².